The smallest absolute Gasteiger partial charge is 0.254 e. The van der Waals surface area contributed by atoms with E-state index in [1.54, 1.807) is 20.0 Å². The number of Topliss-reactive ketones (excluding diaryl/α,β-unsaturated/α-hetero) is 1. The molecule has 2 unspecified atom stereocenters. The maximum absolute atomic E-state index is 13.2. The van der Waals surface area contributed by atoms with Gasteiger partial charge in [-0.2, -0.15) is 0 Å². The Bertz CT molecular complexity index is 1050. The van der Waals surface area contributed by atoms with Crippen LogP contribution in [0.3, 0.4) is 0 Å². The van der Waals surface area contributed by atoms with Gasteiger partial charge in [-0.1, -0.05) is 30.3 Å². The Labute approximate surface area is 181 Å². The lowest BCUT2D eigenvalue weighted by molar-refractivity contribution is -0.128. The minimum atomic E-state index is -0.250. The number of fused-ring (bicyclic) bond motifs is 2. The molecule has 5 rings (SSSR count). The van der Waals surface area contributed by atoms with E-state index in [-0.39, 0.29) is 23.5 Å². The summed E-state index contributed by atoms with van der Waals surface area (Å²) in [6.45, 7) is 3.57. The maximum Gasteiger partial charge on any atom is 0.254 e. The fourth-order valence-electron chi connectivity index (χ4n) is 5.29. The van der Waals surface area contributed by atoms with E-state index in [2.05, 4.69) is 5.32 Å². The van der Waals surface area contributed by atoms with Crippen LogP contribution in [0.5, 0.6) is 5.75 Å². The molecule has 2 heterocycles. The highest BCUT2D eigenvalue weighted by Gasteiger charge is 2.56. The topological polar surface area (TPSA) is 75.7 Å². The molecule has 2 aromatic rings. The Morgan fingerprint density at radius 1 is 1.10 bits per heavy atom. The molecule has 2 aromatic carbocycles. The lowest BCUT2D eigenvalue weighted by Gasteiger charge is -2.17. The molecule has 1 saturated heterocycles. The van der Waals surface area contributed by atoms with Crippen LogP contribution in [-0.2, 0) is 4.79 Å². The van der Waals surface area contributed by atoms with Crippen LogP contribution in [0.15, 0.2) is 42.5 Å². The van der Waals surface area contributed by atoms with E-state index in [4.69, 9.17) is 4.74 Å². The number of hydrogen-bond donors (Lipinski definition) is 1. The quantitative estimate of drug-likeness (QED) is 0.758. The minimum Gasteiger partial charge on any atom is -0.491 e. The first-order valence-corrected chi connectivity index (χ1v) is 10.8. The van der Waals surface area contributed by atoms with Gasteiger partial charge >= 0.3 is 0 Å². The Hall–Kier alpha value is -3.15. The van der Waals surface area contributed by atoms with Gasteiger partial charge < -0.3 is 15.0 Å². The molecule has 6 heteroatoms. The van der Waals surface area contributed by atoms with Gasteiger partial charge in [-0.05, 0) is 35.4 Å². The summed E-state index contributed by atoms with van der Waals surface area (Å²) in [5.74, 6) is 1.68. The normalized spacial score (nSPS) is 25.4. The zero-order valence-corrected chi connectivity index (χ0v) is 17.8. The van der Waals surface area contributed by atoms with E-state index in [9.17, 15) is 14.4 Å². The molecule has 4 atom stereocenters. The maximum atomic E-state index is 13.2. The fraction of sp³-hybridized carbons (Fsp3) is 0.400. The van der Waals surface area contributed by atoms with E-state index < -0.39 is 0 Å². The lowest BCUT2D eigenvalue weighted by atomic mass is 9.89. The summed E-state index contributed by atoms with van der Waals surface area (Å²) < 4.78 is 5.93. The molecule has 2 amide bonds. The van der Waals surface area contributed by atoms with Crippen molar-refractivity contribution in [1.82, 2.24) is 10.2 Å². The van der Waals surface area contributed by atoms with Crippen LogP contribution in [0.25, 0.3) is 0 Å². The molecule has 0 spiro atoms. The summed E-state index contributed by atoms with van der Waals surface area (Å²) in [4.78, 5) is 39.2. The molecule has 1 N–H and O–H groups in total. The number of benzene rings is 2. The molecule has 1 saturated carbocycles. The van der Waals surface area contributed by atoms with E-state index in [1.165, 1.54) is 0 Å². The van der Waals surface area contributed by atoms with E-state index in [0.717, 1.165) is 24.2 Å². The first-order chi connectivity index (χ1) is 15.0. The molecular formula is C25H26N2O4. The van der Waals surface area contributed by atoms with Crippen LogP contribution in [0.1, 0.15) is 51.1 Å². The highest BCUT2D eigenvalue weighted by Crippen LogP contribution is 2.54. The predicted molar refractivity (Wildman–Crippen MR) is 115 cm³/mol. The average Bonchev–Trinajstić information content (AvgIpc) is 3.15. The van der Waals surface area contributed by atoms with Gasteiger partial charge in [-0.25, -0.2) is 0 Å². The van der Waals surface area contributed by atoms with Gasteiger partial charge in [0.15, 0.2) is 5.78 Å². The van der Waals surface area contributed by atoms with Crippen molar-refractivity contribution in [2.75, 3.05) is 26.7 Å². The van der Waals surface area contributed by atoms with Crippen molar-refractivity contribution in [1.29, 1.82) is 0 Å². The van der Waals surface area contributed by atoms with Crippen molar-refractivity contribution in [3.05, 3.63) is 64.7 Å². The van der Waals surface area contributed by atoms with Gasteiger partial charge in [0.05, 0.1) is 12.2 Å². The molecule has 2 fully saturated rings. The first-order valence-electron chi connectivity index (χ1n) is 10.8. The molecule has 6 nitrogen and oxygen atoms in total. The van der Waals surface area contributed by atoms with E-state index in [0.29, 0.717) is 47.7 Å². The third kappa shape index (κ3) is 3.40. The second kappa shape index (κ2) is 7.52. The lowest BCUT2D eigenvalue weighted by Crippen LogP contribution is -2.29. The molecule has 31 heavy (non-hydrogen) atoms. The standard InChI is InChI=1S/C25H26N2O4/c1-14(28)27-11-20-17(21(20)12-27)10-23(29)16-8-18-22(15-6-4-3-5-7-15)13-31-24(18)19(9-16)25(30)26-2/h3-9,17,20-22H,10-13H2,1-2H3,(H,26,30)/t17?,20-,21+,22?. The number of carbonyl (C=O) groups is 3. The Morgan fingerprint density at radius 3 is 2.45 bits per heavy atom. The molecule has 3 aliphatic rings. The number of likely N-dealkylation sites (tertiary alicyclic amines) is 1. The third-order valence-corrected chi connectivity index (χ3v) is 7.12. The molecule has 1 aliphatic carbocycles. The predicted octanol–water partition coefficient (Wildman–Crippen LogP) is 2.87. The second-order valence-electron chi connectivity index (χ2n) is 8.84. The number of rotatable bonds is 5. The summed E-state index contributed by atoms with van der Waals surface area (Å²) in [7, 11) is 1.58. The van der Waals surface area contributed by atoms with Gasteiger partial charge in [0.2, 0.25) is 5.91 Å². The van der Waals surface area contributed by atoms with Crippen LogP contribution >= 0.6 is 0 Å². The first kappa shape index (κ1) is 19.8. The van der Waals surface area contributed by atoms with Gasteiger partial charge in [0.1, 0.15) is 5.75 Å². The molecule has 2 aliphatic heterocycles. The molecule has 0 aromatic heterocycles. The fourth-order valence-corrected chi connectivity index (χ4v) is 5.29. The number of carbonyl (C=O) groups excluding carboxylic acids is 3. The Balaban J connectivity index is 1.41. The number of ether oxygens (including phenoxy) is 1. The molecule has 160 valence electrons. The van der Waals surface area contributed by atoms with Gasteiger partial charge in [-0.3, -0.25) is 14.4 Å². The summed E-state index contributed by atoms with van der Waals surface area (Å²) in [6.07, 6.45) is 0.462. The van der Waals surface area contributed by atoms with E-state index in [1.807, 2.05) is 41.3 Å². The van der Waals surface area contributed by atoms with Crippen LogP contribution in [-0.4, -0.2) is 49.2 Å². The largest absolute Gasteiger partial charge is 0.491 e. The Morgan fingerprint density at radius 2 is 1.81 bits per heavy atom. The highest BCUT2D eigenvalue weighted by atomic mass is 16.5. The van der Waals surface area contributed by atoms with Crippen molar-refractivity contribution in [3.8, 4) is 5.75 Å². The Kier molecular flexibility index (Phi) is 4.80. The summed E-state index contributed by atoms with van der Waals surface area (Å²) in [5, 5.41) is 2.66. The zero-order valence-electron chi connectivity index (χ0n) is 17.8. The number of hydrogen-bond acceptors (Lipinski definition) is 4. The van der Waals surface area contributed by atoms with Crippen LogP contribution in [0.2, 0.25) is 0 Å². The number of ketones is 1. The minimum absolute atomic E-state index is 0.00298. The zero-order chi connectivity index (χ0) is 21.7. The van der Waals surface area contributed by atoms with Crippen molar-refractivity contribution in [2.24, 2.45) is 17.8 Å². The monoisotopic (exact) mass is 418 g/mol. The molecule has 0 radical (unpaired) electrons. The number of nitrogens with zero attached hydrogens (tertiary/aromatic N) is 1. The molecular weight excluding hydrogens is 392 g/mol. The summed E-state index contributed by atoms with van der Waals surface area (Å²) in [6, 6.07) is 13.6. The van der Waals surface area contributed by atoms with Crippen molar-refractivity contribution >= 4 is 17.6 Å². The van der Waals surface area contributed by atoms with Crippen LogP contribution < -0.4 is 10.1 Å². The number of nitrogens with one attached hydrogen (secondary N) is 1. The SMILES string of the molecule is CNC(=O)c1cc(C(=O)CC2[C@H]3CN(C(C)=O)C[C@@H]23)cc2c1OCC2c1ccccc1. The number of piperidine rings is 1. The highest BCUT2D eigenvalue weighted by molar-refractivity contribution is 6.03. The second-order valence-corrected chi connectivity index (χ2v) is 8.84. The number of amides is 2. The van der Waals surface area contributed by atoms with Crippen molar-refractivity contribution in [3.63, 3.8) is 0 Å². The van der Waals surface area contributed by atoms with Crippen LogP contribution in [0.4, 0.5) is 0 Å². The molecule has 0 bridgehead atoms. The van der Waals surface area contributed by atoms with E-state index >= 15 is 0 Å². The van der Waals surface area contributed by atoms with Gasteiger partial charge in [-0.15, -0.1) is 0 Å². The third-order valence-electron chi connectivity index (χ3n) is 7.12. The van der Waals surface area contributed by atoms with Gasteiger partial charge in [0.25, 0.3) is 5.91 Å². The summed E-state index contributed by atoms with van der Waals surface area (Å²) in [5.41, 5.74) is 2.99. The van der Waals surface area contributed by atoms with Crippen LogP contribution in [0, 0.1) is 17.8 Å². The average molecular weight is 418 g/mol. The van der Waals surface area contributed by atoms with Gasteiger partial charge in [0, 0.05) is 50.5 Å². The van der Waals surface area contributed by atoms with Crippen molar-refractivity contribution in [2.45, 2.75) is 19.3 Å². The summed E-state index contributed by atoms with van der Waals surface area (Å²) >= 11 is 0. The van der Waals surface area contributed by atoms with Crippen molar-refractivity contribution < 1.29 is 19.1 Å².